The molecule has 2 heterocycles. The average molecular weight is 777 g/mol. The lowest BCUT2D eigenvalue weighted by Gasteiger charge is -2.19. The first-order valence-corrected chi connectivity index (χ1v) is 20.7. The summed E-state index contributed by atoms with van der Waals surface area (Å²) in [5, 5.41) is 9.72. The summed E-state index contributed by atoms with van der Waals surface area (Å²) in [4.78, 5) is 10.3. The first-order chi connectivity index (χ1) is 30.2. The topological polar surface area (TPSA) is 38.9 Å². The van der Waals surface area contributed by atoms with E-state index in [-0.39, 0.29) is 0 Å². The number of benzene rings is 10. The van der Waals surface area contributed by atoms with Crippen LogP contribution >= 0.6 is 0 Å². The van der Waals surface area contributed by atoms with Crippen LogP contribution in [-0.4, -0.2) is 9.97 Å². The Hall–Kier alpha value is -8.14. The Kier molecular flexibility index (Phi) is 8.17. The normalized spacial score (nSPS) is 11.6. The fourth-order valence-corrected chi connectivity index (χ4v) is 9.27. The third kappa shape index (κ3) is 5.90. The lowest BCUT2D eigenvalue weighted by atomic mass is 9.84. The summed E-state index contributed by atoms with van der Waals surface area (Å²) < 4.78 is 6.21. The van der Waals surface area contributed by atoms with E-state index in [1.54, 1.807) is 0 Å². The van der Waals surface area contributed by atoms with Crippen molar-refractivity contribution in [3.63, 3.8) is 0 Å². The van der Waals surface area contributed by atoms with Crippen LogP contribution in [0.1, 0.15) is 0 Å². The quantitative estimate of drug-likeness (QED) is 0.125. The summed E-state index contributed by atoms with van der Waals surface area (Å²) in [6.07, 6.45) is 0. The van der Waals surface area contributed by atoms with E-state index in [4.69, 9.17) is 14.4 Å². The molecule has 3 nitrogen and oxygen atoms in total. The van der Waals surface area contributed by atoms with Gasteiger partial charge in [0, 0.05) is 27.5 Å². The van der Waals surface area contributed by atoms with Crippen LogP contribution in [0.5, 0.6) is 0 Å². The van der Waals surface area contributed by atoms with E-state index >= 15 is 0 Å². The zero-order valence-electron chi connectivity index (χ0n) is 33.1. The molecule has 0 saturated heterocycles. The van der Waals surface area contributed by atoms with E-state index in [1.807, 2.05) is 36.4 Å². The largest absolute Gasteiger partial charge is 0.456 e. The van der Waals surface area contributed by atoms with Crippen molar-refractivity contribution in [2.45, 2.75) is 0 Å². The molecule has 12 aromatic rings. The summed E-state index contributed by atoms with van der Waals surface area (Å²) in [6, 6.07) is 77.5. The fraction of sp³-hybridized carbons (Fsp3) is 0. The number of hydrogen-bond acceptors (Lipinski definition) is 3. The second-order valence-electron chi connectivity index (χ2n) is 15.6. The zero-order valence-corrected chi connectivity index (χ0v) is 33.1. The molecular weight excluding hydrogens is 741 g/mol. The van der Waals surface area contributed by atoms with E-state index in [2.05, 4.69) is 182 Å². The van der Waals surface area contributed by atoms with Crippen LogP contribution in [0.2, 0.25) is 0 Å². The smallest absolute Gasteiger partial charge is 0.160 e. The minimum absolute atomic E-state index is 0.691. The third-order valence-electron chi connectivity index (χ3n) is 12.1. The first kappa shape index (κ1) is 34.9. The average Bonchev–Trinajstić information content (AvgIpc) is 3.73. The third-order valence-corrected chi connectivity index (χ3v) is 12.1. The molecule has 0 amide bonds. The molecule has 284 valence electrons. The highest BCUT2D eigenvalue weighted by Crippen LogP contribution is 2.46. The number of furan rings is 1. The highest BCUT2D eigenvalue weighted by atomic mass is 16.3. The second kappa shape index (κ2) is 14.3. The van der Waals surface area contributed by atoms with Gasteiger partial charge >= 0.3 is 0 Å². The van der Waals surface area contributed by atoms with Crippen LogP contribution in [-0.2, 0) is 0 Å². The molecule has 0 aliphatic rings. The molecule has 61 heavy (non-hydrogen) atoms. The Morgan fingerprint density at radius 1 is 0.295 bits per heavy atom. The monoisotopic (exact) mass is 776 g/mol. The Bertz CT molecular complexity index is 3610. The Balaban J connectivity index is 0.987. The van der Waals surface area contributed by atoms with E-state index in [9.17, 15) is 0 Å². The van der Waals surface area contributed by atoms with E-state index in [0.29, 0.717) is 5.82 Å². The maximum atomic E-state index is 6.21. The number of hydrogen-bond donors (Lipinski definition) is 0. The highest BCUT2D eigenvalue weighted by Gasteiger charge is 2.19. The van der Waals surface area contributed by atoms with Gasteiger partial charge in [0.1, 0.15) is 11.2 Å². The van der Waals surface area contributed by atoms with Crippen LogP contribution in [0.25, 0.3) is 122 Å². The molecular formula is C58H36N2O. The van der Waals surface area contributed by atoms with Crippen molar-refractivity contribution < 1.29 is 4.42 Å². The first-order valence-electron chi connectivity index (χ1n) is 20.7. The van der Waals surface area contributed by atoms with Crippen molar-refractivity contribution in [1.82, 2.24) is 9.97 Å². The van der Waals surface area contributed by atoms with Crippen molar-refractivity contribution in [3.05, 3.63) is 218 Å². The fourth-order valence-electron chi connectivity index (χ4n) is 9.27. The molecule has 12 rings (SSSR count). The molecule has 0 radical (unpaired) electrons. The van der Waals surface area contributed by atoms with Gasteiger partial charge in [-0.25, -0.2) is 9.97 Å². The zero-order chi connectivity index (χ0) is 40.3. The van der Waals surface area contributed by atoms with Crippen molar-refractivity contribution in [2.24, 2.45) is 0 Å². The van der Waals surface area contributed by atoms with Gasteiger partial charge in [0.05, 0.1) is 11.4 Å². The predicted octanol–water partition coefficient (Wildman–Crippen LogP) is 15.8. The Morgan fingerprint density at radius 2 is 0.820 bits per heavy atom. The maximum Gasteiger partial charge on any atom is 0.160 e. The maximum absolute atomic E-state index is 6.21. The van der Waals surface area contributed by atoms with Crippen LogP contribution in [0.15, 0.2) is 223 Å². The van der Waals surface area contributed by atoms with Gasteiger partial charge in [0.2, 0.25) is 0 Å². The molecule has 0 spiro atoms. The van der Waals surface area contributed by atoms with Gasteiger partial charge < -0.3 is 4.42 Å². The molecule has 0 aliphatic carbocycles. The summed E-state index contributed by atoms with van der Waals surface area (Å²) in [5.74, 6) is 0.691. The molecule has 2 aromatic heterocycles. The standard InChI is InChI=1S/C58H36N2O/c1-3-15-41(16-4-1)55-47-21-10-9-20-46(47)54(49-35-34-37-14-7-8-19-45(37)57(49)55)42-32-30-40(31-33-42)51-36-50(59-58(60-51)43-17-5-2-6-18-43)39-28-26-38(27-29-39)44-23-13-25-53-56(44)48-22-11-12-24-52(48)61-53/h1-36H. The number of fused-ring (bicyclic) bond motifs is 7. The van der Waals surface area contributed by atoms with Gasteiger partial charge in [-0.1, -0.05) is 200 Å². The SMILES string of the molecule is c1ccc(-c2nc(-c3ccc(-c4c5ccccc5c(-c5ccccc5)c5c4ccc4ccccc45)cc3)cc(-c3ccc(-c4cccc5oc6ccccc6c45)cc3)n2)cc1. The molecule has 0 atom stereocenters. The summed E-state index contributed by atoms with van der Waals surface area (Å²) in [7, 11) is 0. The molecule has 0 saturated carbocycles. The second-order valence-corrected chi connectivity index (χ2v) is 15.6. The van der Waals surface area contributed by atoms with Gasteiger partial charge in [-0.2, -0.15) is 0 Å². The molecule has 0 unspecified atom stereocenters. The highest BCUT2D eigenvalue weighted by molar-refractivity contribution is 6.28. The van der Waals surface area contributed by atoms with E-state index in [0.717, 1.165) is 66.7 Å². The number of para-hydroxylation sites is 1. The van der Waals surface area contributed by atoms with Crippen LogP contribution in [0.3, 0.4) is 0 Å². The molecule has 0 bridgehead atoms. The number of rotatable bonds is 6. The summed E-state index contributed by atoms with van der Waals surface area (Å²) in [5.41, 5.74) is 13.7. The van der Waals surface area contributed by atoms with E-state index < -0.39 is 0 Å². The minimum Gasteiger partial charge on any atom is -0.456 e. The molecule has 10 aromatic carbocycles. The van der Waals surface area contributed by atoms with Crippen molar-refractivity contribution in [3.8, 4) is 67.3 Å². The van der Waals surface area contributed by atoms with Crippen molar-refractivity contribution in [1.29, 1.82) is 0 Å². The number of aromatic nitrogens is 2. The number of nitrogens with zero attached hydrogens (tertiary/aromatic N) is 2. The van der Waals surface area contributed by atoms with Crippen LogP contribution in [0.4, 0.5) is 0 Å². The summed E-state index contributed by atoms with van der Waals surface area (Å²) in [6.45, 7) is 0. The van der Waals surface area contributed by atoms with Crippen molar-refractivity contribution in [2.75, 3.05) is 0 Å². The van der Waals surface area contributed by atoms with Crippen LogP contribution in [0, 0.1) is 0 Å². The Morgan fingerprint density at radius 3 is 1.52 bits per heavy atom. The summed E-state index contributed by atoms with van der Waals surface area (Å²) >= 11 is 0. The van der Waals surface area contributed by atoms with Gasteiger partial charge in [0.15, 0.2) is 5.82 Å². The minimum atomic E-state index is 0.691. The Labute approximate surface area is 352 Å². The molecule has 0 N–H and O–H groups in total. The molecule has 3 heteroatoms. The van der Waals surface area contributed by atoms with E-state index in [1.165, 1.54) is 49.0 Å². The van der Waals surface area contributed by atoms with Crippen LogP contribution < -0.4 is 0 Å². The molecule has 0 aliphatic heterocycles. The lowest BCUT2D eigenvalue weighted by Crippen LogP contribution is -1.96. The van der Waals surface area contributed by atoms with Crippen molar-refractivity contribution >= 4 is 54.3 Å². The van der Waals surface area contributed by atoms with Gasteiger partial charge in [-0.15, -0.1) is 0 Å². The van der Waals surface area contributed by atoms with Gasteiger partial charge in [-0.3, -0.25) is 0 Å². The van der Waals surface area contributed by atoms with Gasteiger partial charge in [0.25, 0.3) is 0 Å². The predicted molar refractivity (Wildman–Crippen MR) is 254 cm³/mol. The molecule has 0 fully saturated rings. The van der Waals surface area contributed by atoms with Gasteiger partial charge in [-0.05, 0) is 83.9 Å². The lowest BCUT2D eigenvalue weighted by molar-refractivity contribution is 0.669.